The van der Waals surface area contributed by atoms with Crippen LogP contribution in [0.15, 0.2) is 36.4 Å². The first kappa shape index (κ1) is 19.6. The summed E-state index contributed by atoms with van der Waals surface area (Å²) in [6.07, 6.45) is 5.05. The minimum Gasteiger partial charge on any atom is -0.376 e. The third-order valence-corrected chi connectivity index (χ3v) is 7.02. The fourth-order valence-electron chi connectivity index (χ4n) is 4.88. The lowest BCUT2D eigenvalue weighted by Gasteiger charge is -2.40. The van der Waals surface area contributed by atoms with E-state index < -0.39 is 5.72 Å². The molecule has 5 nitrogen and oxygen atoms in total. The molecule has 0 bridgehead atoms. The van der Waals surface area contributed by atoms with Crippen molar-refractivity contribution in [2.24, 2.45) is 0 Å². The average molecular weight is 424 g/mol. The minimum absolute atomic E-state index is 0.0794. The topological polar surface area (TPSA) is 68.4 Å². The molecule has 2 heterocycles. The van der Waals surface area contributed by atoms with Crippen molar-refractivity contribution in [2.45, 2.75) is 50.9 Å². The first-order valence-electron chi connectivity index (χ1n) is 10.6. The molecule has 1 aromatic heterocycles. The van der Waals surface area contributed by atoms with Gasteiger partial charge < -0.3 is 15.4 Å². The largest absolute Gasteiger partial charge is 0.376 e. The summed E-state index contributed by atoms with van der Waals surface area (Å²) in [5, 5.41) is 15.6. The maximum absolute atomic E-state index is 12.4. The number of benzene rings is 2. The summed E-state index contributed by atoms with van der Waals surface area (Å²) < 4.78 is 0. The molecular weight excluding hydrogens is 398 g/mol. The van der Waals surface area contributed by atoms with E-state index in [0.717, 1.165) is 59.0 Å². The Labute approximate surface area is 181 Å². The molecule has 1 saturated carbocycles. The van der Waals surface area contributed by atoms with Gasteiger partial charge in [0.15, 0.2) is 0 Å². The molecule has 0 radical (unpaired) electrons. The van der Waals surface area contributed by atoms with Gasteiger partial charge in [0.1, 0.15) is 5.72 Å². The quantitative estimate of drug-likeness (QED) is 0.527. The number of nitrogens with zero attached hydrogens (tertiary/aromatic N) is 1. The van der Waals surface area contributed by atoms with Gasteiger partial charge >= 0.3 is 0 Å². The molecule has 0 spiro atoms. The Bertz CT molecular complexity index is 1130. The number of rotatable bonds is 4. The number of carbonyl (C=O) groups excluding carboxylic acids is 1. The van der Waals surface area contributed by atoms with Gasteiger partial charge in [-0.25, -0.2) is 0 Å². The average Bonchev–Trinajstić information content (AvgIpc) is 3.33. The van der Waals surface area contributed by atoms with Gasteiger partial charge in [-0.2, -0.15) is 0 Å². The number of aromatic amines is 1. The van der Waals surface area contributed by atoms with E-state index in [1.165, 1.54) is 6.42 Å². The van der Waals surface area contributed by atoms with Crippen LogP contribution in [0.2, 0.25) is 5.02 Å². The van der Waals surface area contributed by atoms with Crippen molar-refractivity contribution in [3.05, 3.63) is 58.1 Å². The Morgan fingerprint density at radius 3 is 2.73 bits per heavy atom. The number of carbonyl (C=O) groups is 1. The molecule has 156 valence electrons. The van der Waals surface area contributed by atoms with Crippen LogP contribution in [0.3, 0.4) is 0 Å². The predicted molar refractivity (Wildman–Crippen MR) is 119 cm³/mol. The molecule has 30 heavy (non-hydrogen) atoms. The molecule has 2 aromatic carbocycles. The summed E-state index contributed by atoms with van der Waals surface area (Å²) in [6.45, 7) is 1.17. The number of H-pyrrole nitrogens is 1. The number of nitrogens with one attached hydrogen (secondary N) is 2. The van der Waals surface area contributed by atoms with Crippen molar-refractivity contribution in [1.82, 2.24) is 15.2 Å². The zero-order chi connectivity index (χ0) is 20.9. The van der Waals surface area contributed by atoms with Crippen molar-refractivity contribution in [1.29, 1.82) is 0 Å². The highest BCUT2D eigenvalue weighted by molar-refractivity contribution is 6.32. The van der Waals surface area contributed by atoms with E-state index >= 15 is 0 Å². The maximum Gasteiger partial charge on any atom is 0.252 e. The van der Waals surface area contributed by atoms with Gasteiger partial charge in [0.25, 0.3) is 5.91 Å². The smallest absolute Gasteiger partial charge is 0.252 e. The molecule has 0 unspecified atom stereocenters. The van der Waals surface area contributed by atoms with Crippen LogP contribution in [0.25, 0.3) is 22.2 Å². The Morgan fingerprint density at radius 2 is 1.93 bits per heavy atom. The number of halogens is 1. The molecule has 2 aliphatic rings. The van der Waals surface area contributed by atoms with E-state index in [1.54, 1.807) is 0 Å². The molecule has 0 saturated heterocycles. The van der Waals surface area contributed by atoms with Gasteiger partial charge in [-0.05, 0) is 62.6 Å². The summed E-state index contributed by atoms with van der Waals surface area (Å²) in [5.74, 6) is -0.0794. The highest BCUT2D eigenvalue weighted by Crippen LogP contribution is 2.35. The van der Waals surface area contributed by atoms with Gasteiger partial charge in [-0.15, -0.1) is 0 Å². The van der Waals surface area contributed by atoms with Gasteiger partial charge in [0.05, 0.1) is 5.56 Å². The Kier molecular flexibility index (Phi) is 4.85. The van der Waals surface area contributed by atoms with E-state index in [4.69, 9.17) is 11.6 Å². The third-order valence-electron chi connectivity index (χ3n) is 6.67. The highest BCUT2D eigenvalue weighted by Gasteiger charge is 2.33. The third kappa shape index (κ3) is 3.31. The van der Waals surface area contributed by atoms with Crippen LogP contribution >= 0.6 is 11.6 Å². The maximum atomic E-state index is 12.4. The van der Waals surface area contributed by atoms with Crippen LogP contribution < -0.4 is 5.32 Å². The monoisotopic (exact) mass is 423 g/mol. The molecule has 1 amide bonds. The van der Waals surface area contributed by atoms with Crippen LogP contribution in [0.5, 0.6) is 0 Å². The van der Waals surface area contributed by atoms with E-state index in [2.05, 4.69) is 39.5 Å². The number of aliphatic hydroxyl groups is 1. The summed E-state index contributed by atoms with van der Waals surface area (Å²) in [7, 11) is 2.01. The van der Waals surface area contributed by atoms with Gasteiger partial charge in [-0.3, -0.25) is 9.69 Å². The van der Waals surface area contributed by atoms with E-state index in [1.807, 2.05) is 19.2 Å². The number of hydrogen-bond acceptors (Lipinski definition) is 3. The molecule has 3 aromatic rings. The summed E-state index contributed by atoms with van der Waals surface area (Å²) in [4.78, 5) is 17.9. The summed E-state index contributed by atoms with van der Waals surface area (Å²) >= 11 is 6.29. The van der Waals surface area contributed by atoms with Crippen LogP contribution in [-0.4, -0.2) is 33.7 Å². The first-order chi connectivity index (χ1) is 14.4. The molecule has 1 fully saturated rings. The van der Waals surface area contributed by atoms with E-state index in [-0.39, 0.29) is 5.91 Å². The zero-order valence-electron chi connectivity index (χ0n) is 17.1. The highest BCUT2D eigenvalue weighted by atomic mass is 35.5. The summed E-state index contributed by atoms with van der Waals surface area (Å²) in [5.41, 5.74) is 4.79. The minimum atomic E-state index is -0.701. The van der Waals surface area contributed by atoms with Crippen LogP contribution in [0.4, 0.5) is 0 Å². The van der Waals surface area contributed by atoms with E-state index in [0.29, 0.717) is 23.7 Å². The number of amides is 1. The standard InChI is InChI=1S/C24H26ClN3O2/c1-28(24(30)9-3-2-4-10-24)14-15-5-8-20-16(11-15)12-21(27-20)17-6-7-19(25)18-13-26-23(29)22(17)18/h5-8,11-12,27,30H,2-4,9-10,13-14H2,1H3,(H,26,29). The fraction of sp³-hybridized carbons (Fsp3) is 0.375. The fourth-order valence-corrected chi connectivity index (χ4v) is 5.11. The number of aromatic nitrogens is 1. The lowest BCUT2D eigenvalue weighted by molar-refractivity contribution is -0.124. The molecule has 1 aliphatic heterocycles. The van der Waals surface area contributed by atoms with Crippen molar-refractivity contribution in [3.63, 3.8) is 0 Å². The SMILES string of the molecule is CN(Cc1ccc2[nH]c(-c3ccc(Cl)c4c3C(=O)NC4)cc2c1)C1(O)CCCCC1. The molecular formula is C24H26ClN3O2. The second kappa shape index (κ2) is 7.41. The molecule has 0 atom stereocenters. The molecule has 1 aliphatic carbocycles. The molecule has 3 N–H and O–H groups in total. The number of fused-ring (bicyclic) bond motifs is 2. The Hall–Kier alpha value is -2.34. The summed E-state index contributed by atoms with van der Waals surface area (Å²) in [6, 6.07) is 12.2. The molecule has 5 rings (SSSR count). The van der Waals surface area contributed by atoms with Crippen molar-refractivity contribution >= 4 is 28.4 Å². The molecule has 6 heteroatoms. The van der Waals surface area contributed by atoms with Crippen LogP contribution in [0, 0.1) is 0 Å². The lowest BCUT2D eigenvalue weighted by atomic mass is 9.90. The van der Waals surface area contributed by atoms with Crippen molar-refractivity contribution in [2.75, 3.05) is 7.05 Å². The van der Waals surface area contributed by atoms with Crippen molar-refractivity contribution < 1.29 is 9.90 Å². The Morgan fingerprint density at radius 1 is 1.13 bits per heavy atom. The van der Waals surface area contributed by atoms with Crippen LogP contribution in [0.1, 0.15) is 53.6 Å². The van der Waals surface area contributed by atoms with Crippen molar-refractivity contribution in [3.8, 4) is 11.3 Å². The second-order valence-electron chi connectivity index (χ2n) is 8.63. The first-order valence-corrected chi connectivity index (χ1v) is 11.0. The zero-order valence-corrected chi connectivity index (χ0v) is 17.9. The lowest BCUT2D eigenvalue weighted by Crippen LogP contribution is -2.47. The van der Waals surface area contributed by atoms with Gasteiger partial charge in [0, 0.05) is 45.8 Å². The Balaban J connectivity index is 1.46. The number of hydrogen-bond donors (Lipinski definition) is 3. The normalized spacial score (nSPS) is 18.1. The van der Waals surface area contributed by atoms with Gasteiger partial charge in [0.2, 0.25) is 0 Å². The van der Waals surface area contributed by atoms with Crippen LogP contribution in [-0.2, 0) is 13.1 Å². The van der Waals surface area contributed by atoms with E-state index in [9.17, 15) is 9.90 Å². The van der Waals surface area contributed by atoms with Gasteiger partial charge in [-0.1, -0.05) is 30.2 Å². The second-order valence-corrected chi connectivity index (χ2v) is 9.04. The predicted octanol–water partition coefficient (Wildman–Crippen LogP) is 4.82.